The Morgan fingerprint density at radius 2 is 1.77 bits per heavy atom. The van der Waals surface area contributed by atoms with Gasteiger partial charge in [0.05, 0.1) is 4.90 Å². The lowest BCUT2D eigenvalue weighted by atomic mass is 10.2. The van der Waals surface area contributed by atoms with Crippen LogP contribution in [0.3, 0.4) is 0 Å². The number of nitrogens with zero attached hydrogens (tertiary/aromatic N) is 2. The molecule has 0 spiro atoms. The first-order chi connectivity index (χ1) is 10.2. The Morgan fingerprint density at radius 1 is 1.18 bits per heavy atom. The van der Waals surface area contributed by atoms with Crippen LogP contribution in [0.5, 0.6) is 0 Å². The number of ketones is 1. The van der Waals surface area contributed by atoms with E-state index in [2.05, 4.69) is 0 Å². The van der Waals surface area contributed by atoms with Gasteiger partial charge in [0.1, 0.15) is 0 Å². The Morgan fingerprint density at radius 3 is 2.23 bits per heavy atom. The van der Waals surface area contributed by atoms with Crippen LogP contribution in [-0.2, 0) is 10.0 Å². The molecule has 1 aliphatic rings. The number of carbonyl (C=O) groups excluding carboxylic acids is 1. The molecular weight excluding hydrogens is 308 g/mol. The van der Waals surface area contributed by atoms with Crippen LogP contribution in [-0.4, -0.2) is 60.3 Å². The third-order valence-electron chi connectivity index (χ3n) is 3.70. The van der Waals surface area contributed by atoms with Gasteiger partial charge in [-0.3, -0.25) is 4.79 Å². The summed E-state index contributed by atoms with van der Waals surface area (Å²) in [6, 6.07) is 5.33. The van der Waals surface area contributed by atoms with Gasteiger partial charge in [-0.25, -0.2) is 13.2 Å². The van der Waals surface area contributed by atoms with Crippen molar-refractivity contribution in [2.75, 3.05) is 19.6 Å². The van der Waals surface area contributed by atoms with Crippen LogP contribution in [0.15, 0.2) is 29.2 Å². The van der Waals surface area contributed by atoms with Crippen molar-refractivity contribution in [2.24, 2.45) is 0 Å². The van der Waals surface area contributed by atoms with Gasteiger partial charge in [-0.2, -0.15) is 4.31 Å². The number of hydrogen-bond acceptors (Lipinski definition) is 4. The molecule has 1 aromatic carbocycles. The topological polar surface area (TPSA) is 95.0 Å². The van der Waals surface area contributed by atoms with Crippen LogP contribution >= 0.6 is 0 Å². The molecular formula is C14H18N2O5S. The molecule has 1 unspecified atom stereocenters. The van der Waals surface area contributed by atoms with E-state index in [9.17, 15) is 18.0 Å². The van der Waals surface area contributed by atoms with Gasteiger partial charge in [0.15, 0.2) is 5.78 Å². The van der Waals surface area contributed by atoms with Crippen LogP contribution in [0.2, 0.25) is 0 Å². The average Bonchev–Trinajstić information content (AvgIpc) is 2.46. The average molecular weight is 326 g/mol. The van der Waals surface area contributed by atoms with Crippen molar-refractivity contribution >= 4 is 21.9 Å². The lowest BCUT2D eigenvalue weighted by molar-refractivity contribution is 0.101. The van der Waals surface area contributed by atoms with Crippen LogP contribution in [0.4, 0.5) is 4.79 Å². The summed E-state index contributed by atoms with van der Waals surface area (Å²) in [4.78, 5) is 23.5. The third-order valence-corrected chi connectivity index (χ3v) is 5.73. The van der Waals surface area contributed by atoms with Gasteiger partial charge in [0.2, 0.25) is 10.0 Å². The minimum atomic E-state index is -3.70. The smallest absolute Gasteiger partial charge is 0.407 e. The standard InChI is InChI=1S/C14H18N2O5S/c1-10-9-15(14(18)19)7-8-16(10)22(20,21)13-5-3-12(4-6-13)11(2)17/h3-6,10H,7-9H2,1-2H3,(H,18,19). The highest BCUT2D eigenvalue weighted by Crippen LogP contribution is 2.22. The Balaban J connectivity index is 2.23. The van der Waals surface area contributed by atoms with E-state index >= 15 is 0 Å². The van der Waals surface area contributed by atoms with Crippen LogP contribution in [0, 0.1) is 0 Å². The van der Waals surface area contributed by atoms with Crippen LogP contribution in [0.25, 0.3) is 0 Å². The summed E-state index contributed by atoms with van der Waals surface area (Å²) in [5, 5.41) is 8.97. The highest BCUT2D eigenvalue weighted by Gasteiger charge is 2.35. The van der Waals surface area contributed by atoms with Crippen LogP contribution in [0.1, 0.15) is 24.2 Å². The fraction of sp³-hybridized carbons (Fsp3) is 0.429. The van der Waals surface area contributed by atoms with Crippen molar-refractivity contribution in [1.82, 2.24) is 9.21 Å². The molecule has 1 aromatic rings. The monoisotopic (exact) mass is 326 g/mol. The van der Waals surface area contributed by atoms with Gasteiger partial charge >= 0.3 is 6.09 Å². The van der Waals surface area contributed by atoms with Gasteiger partial charge in [-0.1, -0.05) is 12.1 Å². The van der Waals surface area contributed by atoms with Gasteiger partial charge in [0.25, 0.3) is 0 Å². The SMILES string of the molecule is CC(=O)c1ccc(S(=O)(=O)N2CCN(C(=O)O)CC2C)cc1. The van der Waals surface area contributed by atoms with Crippen molar-refractivity contribution in [3.05, 3.63) is 29.8 Å². The second-order valence-electron chi connectivity index (χ2n) is 5.27. The summed E-state index contributed by atoms with van der Waals surface area (Å²) in [6.07, 6.45) is -1.05. The zero-order valence-corrected chi connectivity index (χ0v) is 13.2. The number of piperazine rings is 1. The zero-order valence-electron chi connectivity index (χ0n) is 12.4. The van der Waals surface area contributed by atoms with Crippen molar-refractivity contribution in [3.63, 3.8) is 0 Å². The number of Topliss-reactive ketones (excluding diaryl/α,β-unsaturated/α-hetero) is 1. The minimum Gasteiger partial charge on any atom is -0.465 e. The third kappa shape index (κ3) is 3.12. The predicted octanol–water partition coefficient (Wildman–Crippen LogP) is 1.26. The van der Waals surface area contributed by atoms with Crippen molar-refractivity contribution in [2.45, 2.75) is 24.8 Å². The summed E-state index contributed by atoms with van der Waals surface area (Å²) < 4.78 is 26.6. The first-order valence-corrected chi connectivity index (χ1v) is 8.28. The summed E-state index contributed by atoms with van der Waals surface area (Å²) >= 11 is 0. The highest BCUT2D eigenvalue weighted by atomic mass is 32.2. The van der Waals surface area contributed by atoms with E-state index < -0.39 is 22.2 Å². The van der Waals surface area contributed by atoms with Gasteiger partial charge < -0.3 is 10.0 Å². The summed E-state index contributed by atoms with van der Waals surface area (Å²) in [5.41, 5.74) is 0.447. The van der Waals surface area contributed by atoms with Crippen molar-refractivity contribution < 1.29 is 23.1 Å². The zero-order chi connectivity index (χ0) is 16.5. The molecule has 1 aliphatic heterocycles. The van der Waals surface area contributed by atoms with E-state index in [1.165, 1.54) is 40.4 Å². The highest BCUT2D eigenvalue weighted by molar-refractivity contribution is 7.89. The van der Waals surface area contributed by atoms with E-state index in [0.29, 0.717) is 5.56 Å². The second kappa shape index (κ2) is 6.05. The quantitative estimate of drug-likeness (QED) is 0.844. The Hall–Kier alpha value is -1.93. The number of carboxylic acid groups (broad SMARTS) is 1. The van der Waals surface area contributed by atoms with Crippen molar-refractivity contribution in [3.8, 4) is 0 Å². The van der Waals surface area contributed by atoms with Gasteiger partial charge in [0, 0.05) is 31.2 Å². The molecule has 1 heterocycles. The fourth-order valence-corrected chi connectivity index (χ4v) is 4.08. The first-order valence-electron chi connectivity index (χ1n) is 6.84. The van der Waals surface area contributed by atoms with Gasteiger partial charge in [-0.15, -0.1) is 0 Å². The Kier molecular flexibility index (Phi) is 4.52. The fourth-order valence-electron chi connectivity index (χ4n) is 2.47. The maximum absolute atomic E-state index is 12.6. The largest absolute Gasteiger partial charge is 0.465 e. The lowest BCUT2D eigenvalue weighted by Gasteiger charge is -2.37. The lowest BCUT2D eigenvalue weighted by Crippen LogP contribution is -2.55. The molecule has 1 amide bonds. The van der Waals surface area contributed by atoms with Crippen LogP contribution < -0.4 is 0 Å². The summed E-state index contributed by atoms with van der Waals surface area (Å²) in [5.74, 6) is -0.132. The predicted molar refractivity (Wildman–Crippen MR) is 79.4 cm³/mol. The molecule has 0 aliphatic carbocycles. The number of hydrogen-bond donors (Lipinski definition) is 1. The van der Waals surface area contributed by atoms with E-state index in [1.807, 2.05) is 0 Å². The second-order valence-corrected chi connectivity index (χ2v) is 7.16. The van der Waals surface area contributed by atoms with Crippen molar-refractivity contribution in [1.29, 1.82) is 0 Å². The number of sulfonamides is 1. The number of amides is 1. The number of carbonyl (C=O) groups is 2. The molecule has 1 fully saturated rings. The molecule has 0 aromatic heterocycles. The first kappa shape index (κ1) is 16.4. The molecule has 8 heteroatoms. The molecule has 120 valence electrons. The number of rotatable bonds is 3. The normalized spacial score (nSPS) is 19.9. The molecule has 22 heavy (non-hydrogen) atoms. The molecule has 1 N–H and O–H groups in total. The minimum absolute atomic E-state index is 0.105. The van der Waals surface area contributed by atoms with E-state index in [-0.39, 0.29) is 30.3 Å². The molecule has 0 radical (unpaired) electrons. The maximum atomic E-state index is 12.6. The molecule has 7 nitrogen and oxygen atoms in total. The number of benzene rings is 1. The molecule has 0 bridgehead atoms. The summed E-state index contributed by atoms with van der Waals surface area (Å²) in [6.45, 7) is 3.49. The molecule has 1 atom stereocenters. The van der Waals surface area contributed by atoms with Gasteiger partial charge in [-0.05, 0) is 26.0 Å². The van der Waals surface area contributed by atoms with E-state index in [4.69, 9.17) is 5.11 Å². The molecule has 2 rings (SSSR count). The molecule has 0 saturated carbocycles. The Labute approximate surface area is 129 Å². The Bertz CT molecular complexity index is 684. The summed E-state index contributed by atoms with van der Waals surface area (Å²) in [7, 11) is -3.70. The van der Waals surface area contributed by atoms with E-state index in [1.54, 1.807) is 6.92 Å². The van der Waals surface area contributed by atoms with E-state index in [0.717, 1.165) is 0 Å². The molecule has 1 saturated heterocycles. The maximum Gasteiger partial charge on any atom is 0.407 e.